The molecule has 0 radical (unpaired) electrons. The normalized spacial score (nSPS) is 14.6. The SMILES string of the molecule is CNc1ccnc(OCC(F)(F)F)c1C(=N)c1ccnc(N2CCOCC2)c1. The van der Waals surface area contributed by atoms with Crippen LogP contribution in [0.3, 0.4) is 0 Å². The summed E-state index contributed by atoms with van der Waals surface area (Å²) in [5.74, 6) is 0.428. The molecule has 0 spiro atoms. The third kappa shape index (κ3) is 4.69. The molecule has 0 aliphatic carbocycles. The zero-order valence-corrected chi connectivity index (χ0v) is 15.2. The second-order valence-electron chi connectivity index (χ2n) is 6.07. The van der Waals surface area contributed by atoms with Gasteiger partial charge in [-0.25, -0.2) is 9.97 Å². The van der Waals surface area contributed by atoms with Crippen LogP contribution in [0.25, 0.3) is 0 Å². The highest BCUT2D eigenvalue weighted by Crippen LogP contribution is 2.29. The van der Waals surface area contributed by atoms with E-state index in [0.29, 0.717) is 43.4 Å². The van der Waals surface area contributed by atoms with Crippen LogP contribution in [0.4, 0.5) is 24.7 Å². The van der Waals surface area contributed by atoms with Gasteiger partial charge < -0.3 is 19.7 Å². The summed E-state index contributed by atoms with van der Waals surface area (Å²) in [4.78, 5) is 10.3. The van der Waals surface area contributed by atoms with Gasteiger partial charge >= 0.3 is 6.18 Å². The Morgan fingerprint density at radius 3 is 2.64 bits per heavy atom. The molecule has 1 fully saturated rings. The van der Waals surface area contributed by atoms with Crippen molar-refractivity contribution in [1.29, 1.82) is 5.41 Å². The van der Waals surface area contributed by atoms with Crippen LogP contribution in [0.5, 0.6) is 5.88 Å². The van der Waals surface area contributed by atoms with Gasteiger partial charge in [-0.1, -0.05) is 0 Å². The lowest BCUT2D eigenvalue weighted by molar-refractivity contribution is -0.154. The Balaban J connectivity index is 1.93. The van der Waals surface area contributed by atoms with Gasteiger partial charge in [0.15, 0.2) is 6.61 Å². The van der Waals surface area contributed by atoms with Crippen LogP contribution in [0, 0.1) is 5.41 Å². The first-order valence-electron chi connectivity index (χ1n) is 8.63. The fourth-order valence-electron chi connectivity index (χ4n) is 2.84. The largest absolute Gasteiger partial charge is 0.467 e. The quantitative estimate of drug-likeness (QED) is 0.732. The molecule has 2 N–H and O–H groups in total. The highest BCUT2D eigenvalue weighted by atomic mass is 19.4. The molecular formula is C18H20F3N5O2. The Kier molecular flexibility index (Phi) is 5.98. The van der Waals surface area contributed by atoms with Crippen LogP contribution in [0.15, 0.2) is 30.6 Å². The first-order chi connectivity index (χ1) is 13.4. The van der Waals surface area contributed by atoms with Crippen LogP contribution >= 0.6 is 0 Å². The van der Waals surface area contributed by atoms with Crippen LogP contribution < -0.4 is 15.0 Å². The highest BCUT2D eigenvalue weighted by Gasteiger charge is 2.30. The van der Waals surface area contributed by atoms with E-state index >= 15 is 0 Å². The summed E-state index contributed by atoms with van der Waals surface area (Å²) < 4.78 is 48.0. The summed E-state index contributed by atoms with van der Waals surface area (Å²) in [7, 11) is 1.62. The van der Waals surface area contributed by atoms with Crippen molar-refractivity contribution in [3.05, 3.63) is 41.7 Å². The Morgan fingerprint density at radius 1 is 1.25 bits per heavy atom. The lowest BCUT2D eigenvalue weighted by atomic mass is 10.0. The average Bonchev–Trinajstić information content (AvgIpc) is 2.71. The topological polar surface area (TPSA) is 83.4 Å². The van der Waals surface area contributed by atoms with Crippen molar-refractivity contribution in [1.82, 2.24) is 9.97 Å². The number of ether oxygens (including phenoxy) is 2. The van der Waals surface area contributed by atoms with Gasteiger partial charge in [-0.15, -0.1) is 0 Å². The van der Waals surface area contributed by atoms with Crippen molar-refractivity contribution < 1.29 is 22.6 Å². The molecule has 2 aromatic heterocycles. The van der Waals surface area contributed by atoms with Crippen molar-refractivity contribution in [2.24, 2.45) is 0 Å². The number of anilines is 2. The Hall–Kier alpha value is -2.88. The number of aromatic nitrogens is 2. The smallest absolute Gasteiger partial charge is 0.422 e. The number of halogens is 3. The fraction of sp³-hybridized carbons (Fsp3) is 0.389. The van der Waals surface area contributed by atoms with Crippen LogP contribution in [-0.4, -0.2) is 61.8 Å². The molecule has 1 aliphatic rings. The minimum Gasteiger partial charge on any atom is -0.467 e. The number of morpholine rings is 1. The molecule has 28 heavy (non-hydrogen) atoms. The Labute approximate surface area is 160 Å². The molecule has 0 saturated carbocycles. The van der Waals surface area contributed by atoms with Gasteiger partial charge in [0.05, 0.1) is 30.2 Å². The van der Waals surface area contributed by atoms with E-state index in [1.807, 2.05) is 4.90 Å². The summed E-state index contributed by atoms with van der Waals surface area (Å²) in [5.41, 5.74) is 1.10. The van der Waals surface area contributed by atoms with Crippen LogP contribution in [0.1, 0.15) is 11.1 Å². The molecule has 2 aromatic rings. The number of hydrogen-bond acceptors (Lipinski definition) is 7. The van der Waals surface area contributed by atoms with E-state index in [9.17, 15) is 13.2 Å². The third-order valence-corrected chi connectivity index (χ3v) is 4.18. The van der Waals surface area contributed by atoms with E-state index in [2.05, 4.69) is 15.3 Å². The minimum atomic E-state index is -4.50. The predicted octanol–water partition coefficient (Wildman–Crippen LogP) is 2.71. The van der Waals surface area contributed by atoms with E-state index in [1.165, 1.54) is 6.20 Å². The van der Waals surface area contributed by atoms with Crippen molar-refractivity contribution in [2.45, 2.75) is 6.18 Å². The molecule has 3 rings (SSSR count). The monoisotopic (exact) mass is 395 g/mol. The van der Waals surface area contributed by atoms with Crippen LogP contribution in [0.2, 0.25) is 0 Å². The fourth-order valence-corrected chi connectivity index (χ4v) is 2.84. The third-order valence-electron chi connectivity index (χ3n) is 4.18. The van der Waals surface area contributed by atoms with Gasteiger partial charge in [0, 0.05) is 38.1 Å². The van der Waals surface area contributed by atoms with Crippen molar-refractivity contribution in [2.75, 3.05) is 50.2 Å². The maximum atomic E-state index is 12.6. The second-order valence-corrected chi connectivity index (χ2v) is 6.07. The summed E-state index contributed by atoms with van der Waals surface area (Å²) >= 11 is 0. The van der Waals surface area contributed by atoms with Crippen molar-refractivity contribution in [3.8, 4) is 5.88 Å². The lowest BCUT2D eigenvalue weighted by Gasteiger charge is -2.28. The first kappa shape index (κ1) is 19.9. The highest BCUT2D eigenvalue weighted by molar-refractivity contribution is 6.15. The van der Waals surface area contributed by atoms with E-state index in [-0.39, 0.29) is 17.2 Å². The van der Waals surface area contributed by atoms with Gasteiger partial charge in [0.25, 0.3) is 0 Å². The summed E-state index contributed by atoms with van der Waals surface area (Å²) in [5, 5.41) is 11.5. The van der Waals surface area contributed by atoms with E-state index in [0.717, 1.165) is 0 Å². The average molecular weight is 395 g/mol. The van der Waals surface area contributed by atoms with Gasteiger partial charge in [-0.2, -0.15) is 13.2 Å². The zero-order valence-electron chi connectivity index (χ0n) is 15.2. The molecular weight excluding hydrogens is 375 g/mol. The number of rotatable bonds is 6. The van der Waals surface area contributed by atoms with Gasteiger partial charge in [-0.3, -0.25) is 5.41 Å². The summed E-state index contributed by atoms with van der Waals surface area (Å²) in [6.45, 7) is 1.05. The summed E-state index contributed by atoms with van der Waals surface area (Å²) in [6.07, 6.45) is -1.60. The molecule has 0 aromatic carbocycles. The van der Waals surface area contributed by atoms with Gasteiger partial charge in [0.1, 0.15) is 5.82 Å². The lowest BCUT2D eigenvalue weighted by Crippen LogP contribution is -2.36. The molecule has 0 amide bonds. The standard InChI is InChI=1S/C18H20F3N5O2/c1-23-13-3-5-25-17(28-11-18(19,20)21)15(13)16(22)12-2-4-24-14(10-12)26-6-8-27-9-7-26/h2-5,10,22H,6-9,11H2,1H3,(H,23,25). The van der Waals surface area contributed by atoms with Crippen molar-refractivity contribution in [3.63, 3.8) is 0 Å². The number of pyridine rings is 2. The predicted molar refractivity (Wildman–Crippen MR) is 98.5 cm³/mol. The molecule has 1 saturated heterocycles. The maximum Gasteiger partial charge on any atom is 0.422 e. The molecule has 0 unspecified atom stereocenters. The van der Waals surface area contributed by atoms with Crippen LogP contribution in [-0.2, 0) is 4.74 Å². The van der Waals surface area contributed by atoms with Gasteiger partial charge in [-0.05, 0) is 18.2 Å². The second kappa shape index (κ2) is 8.42. The molecule has 0 bridgehead atoms. The van der Waals surface area contributed by atoms with Crippen molar-refractivity contribution >= 4 is 17.2 Å². The maximum absolute atomic E-state index is 12.6. The Morgan fingerprint density at radius 2 is 1.96 bits per heavy atom. The number of alkyl halides is 3. The molecule has 150 valence electrons. The molecule has 1 aliphatic heterocycles. The van der Waals surface area contributed by atoms with E-state index < -0.39 is 12.8 Å². The first-order valence-corrected chi connectivity index (χ1v) is 8.63. The molecule has 10 heteroatoms. The van der Waals surface area contributed by atoms with E-state index in [4.69, 9.17) is 14.9 Å². The summed E-state index contributed by atoms with van der Waals surface area (Å²) in [6, 6.07) is 4.94. The molecule has 0 atom stereocenters. The molecule has 7 nitrogen and oxygen atoms in total. The molecule has 3 heterocycles. The van der Waals surface area contributed by atoms with E-state index in [1.54, 1.807) is 31.4 Å². The number of nitrogens with one attached hydrogen (secondary N) is 2. The number of hydrogen-bond donors (Lipinski definition) is 2. The number of nitrogens with zero attached hydrogens (tertiary/aromatic N) is 3. The zero-order chi connectivity index (χ0) is 20.1. The Bertz CT molecular complexity index is 838. The minimum absolute atomic E-state index is 0.00784. The van der Waals surface area contributed by atoms with Gasteiger partial charge in [0.2, 0.25) is 5.88 Å².